The van der Waals surface area contributed by atoms with E-state index < -0.39 is 17.8 Å². The monoisotopic (exact) mass is 559 g/mol. The fourth-order valence-corrected chi connectivity index (χ4v) is 4.41. The molecule has 206 valence electrons. The molecule has 0 saturated heterocycles. The normalized spacial score (nSPS) is 13.2. The molecule has 4 rings (SSSR count). The summed E-state index contributed by atoms with van der Waals surface area (Å²) in [6, 6.07) is 20.2. The van der Waals surface area contributed by atoms with Crippen molar-refractivity contribution in [3.8, 4) is 0 Å². The highest BCUT2D eigenvalue weighted by molar-refractivity contribution is 6.53. The highest BCUT2D eigenvalue weighted by atomic mass is 35.5. The number of nitrogens with zero attached hydrogens (tertiary/aromatic N) is 1. The summed E-state index contributed by atoms with van der Waals surface area (Å²) in [6.07, 6.45) is 1.61. The van der Waals surface area contributed by atoms with Crippen LogP contribution in [-0.2, 0) is 14.3 Å². The molecule has 0 radical (unpaired) electrons. The molecule has 3 amide bonds. The third-order valence-corrected chi connectivity index (χ3v) is 6.67. The Morgan fingerprint density at radius 2 is 1.65 bits per heavy atom. The minimum atomic E-state index is -0.732. The van der Waals surface area contributed by atoms with E-state index in [0.717, 1.165) is 29.0 Å². The molecule has 0 aromatic heterocycles. The molecule has 0 atom stereocenters. The van der Waals surface area contributed by atoms with Gasteiger partial charge in [-0.1, -0.05) is 69.1 Å². The number of amides is 3. The quantitative estimate of drug-likeness (QED) is 0.168. The summed E-state index contributed by atoms with van der Waals surface area (Å²) in [5.74, 6) is -2.07. The second-order valence-electron chi connectivity index (χ2n) is 9.58. The van der Waals surface area contributed by atoms with E-state index in [1.54, 1.807) is 36.4 Å². The van der Waals surface area contributed by atoms with Crippen molar-refractivity contribution in [3.63, 3.8) is 0 Å². The van der Waals surface area contributed by atoms with E-state index in [1.807, 2.05) is 45.0 Å². The Kier molecular flexibility index (Phi) is 9.01. The number of ether oxygens (including phenoxy) is 1. The Morgan fingerprint density at radius 1 is 0.925 bits per heavy atom. The van der Waals surface area contributed by atoms with Crippen molar-refractivity contribution >= 4 is 52.4 Å². The van der Waals surface area contributed by atoms with Crippen LogP contribution in [0.3, 0.4) is 0 Å². The molecule has 0 aliphatic carbocycles. The van der Waals surface area contributed by atoms with Gasteiger partial charge in [-0.15, -0.1) is 0 Å². The van der Waals surface area contributed by atoms with Crippen LogP contribution in [0.25, 0.3) is 0 Å². The molecular weight excluding hydrogens is 530 g/mol. The topological polar surface area (TPSA) is 105 Å². The number of unbranched alkanes of at least 4 members (excludes halogenated alkanes) is 1. The van der Waals surface area contributed by atoms with E-state index in [4.69, 9.17) is 16.3 Å². The molecule has 9 heteroatoms. The SMILES string of the molecule is CCCCOC(=O)c1cccc(N2C(=O)C(Cl)=C(Nc3cccc(C(=O)Nc4ccccc4C(C)C)c3)C2=O)c1. The van der Waals surface area contributed by atoms with Gasteiger partial charge < -0.3 is 15.4 Å². The average molecular weight is 560 g/mol. The van der Waals surface area contributed by atoms with Gasteiger partial charge in [-0.05, 0) is 60.4 Å². The number of benzene rings is 3. The predicted octanol–water partition coefficient (Wildman–Crippen LogP) is 6.45. The van der Waals surface area contributed by atoms with E-state index >= 15 is 0 Å². The number of imide groups is 1. The molecular formula is C31H30ClN3O5. The fraction of sp³-hybridized carbons (Fsp3) is 0.226. The second-order valence-corrected chi connectivity index (χ2v) is 9.95. The van der Waals surface area contributed by atoms with Crippen LogP contribution in [0.5, 0.6) is 0 Å². The van der Waals surface area contributed by atoms with Crippen LogP contribution in [0.2, 0.25) is 0 Å². The Balaban J connectivity index is 1.51. The number of carbonyl (C=O) groups is 4. The zero-order valence-corrected chi connectivity index (χ0v) is 23.2. The lowest BCUT2D eigenvalue weighted by molar-refractivity contribution is -0.120. The third-order valence-electron chi connectivity index (χ3n) is 6.32. The Hall–Kier alpha value is -4.43. The Bertz CT molecular complexity index is 1500. The second kappa shape index (κ2) is 12.6. The number of halogens is 1. The van der Waals surface area contributed by atoms with Crippen molar-refractivity contribution in [3.05, 3.63) is 100 Å². The van der Waals surface area contributed by atoms with Crippen LogP contribution in [-0.4, -0.2) is 30.3 Å². The predicted molar refractivity (Wildman–Crippen MR) is 156 cm³/mol. The van der Waals surface area contributed by atoms with Crippen LogP contribution in [0.4, 0.5) is 17.1 Å². The van der Waals surface area contributed by atoms with Gasteiger partial charge in [0.25, 0.3) is 17.7 Å². The van der Waals surface area contributed by atoms with Crippen molar-refractivity contribution < 1.29 is 23.9 Å². The zero-order chi connectivity index (χ0) is 28.8. The van der Waals surface area contributed by atoms with Gasteiger partial charge >= 0.3 is 5.97 Å². The summed E-state index contributed by atoms with van der Waals surface area (Å²) in [7, 11) is 0. The molecule has 0 unspecified atom stereocenters. The maximum Gasteiger partial charge on any atom is 0.338 e. The maximum atomic E-state index is 13.3. The van der Waals surface area contributed by atoms with Crippen molar-refractivity contribution in [2.75, 3.05) is 22.1 Å². The molecule has 1 heterocycles. The van der Waals surface area contributed by atoms with Crippen LogP contribution < -0.4 is 15.5 Å². The summed E-state index contributed by atoms with van der Waals surface area (Å²) >= 11 is 6.30. The first kappa shape index (κ1) is 28.6. The standard InChI is InChI=1S/C31H30ClN3O5/c1-4-5-16-40-31(39)21-11-9-13-23(18-21)35-29(37)26(32)27(30(35)38)33-22-12-8-10-20(17-22)28(36)34-25-15-7-6-14-24(25)19(2)3/h6-15,17-19,33H,4-5,16H2,1-3H3,(H,34,36). The number of hydrogen-bond acceptors (Lipinski definition) is 6. The highest BCUT2D eigenvalue weighted by Gasteiger charge is 2.39. The Labute approximate surface area is 238 Å². The van der Waals surface area contributed by atoms with Crippen LogP contribution in [0, 0.1) is 0 Å². The van der Waals surface area contributed by atoms with Crippen molar-refractivity contribution in [2.45, 2.75) is 39.5 Å². The maximum absolute atomic E-state index is 13.3. The summed E-state index contributed by atoms with van der Waals surface area (Å²) in [5.41, 5.74) is 2.74. The van der Waals surface area contributed by atoms with Gasteiger partial charge in [-0.2, -0.15) is 0 Å². The minimum Gasteiger partial charge on any atom is -0.462 e. The van der Waals surface area contributed by atoms with Crippen LogP contribution in [0.1, 0.15) is 65.8 Å². The zero-order valence-electron chi connectivity index (χ0n) is 22.5. The number of esters is 1. The smallest absolute Gasteiger partial charge is 0.338 e. The highest BCUT2D eigenvalue weighted by Crippen LogP contribution is 2.31. The van der Waals surface area contributed by atoms with Gasteiger partial charge in [0.2, 0.25) is 0 Å². The minimum absolute atomic E-state index is 0.134. The first-order valence-electron chi connectivity index (χ1n) is 13.0. The fourth-order valence-electron chi connectivity index (χ4n) is 4.20. The van der Waals surface area contributed by atoms with Gasteiger partial charge in [-0.25, -0.2) is 9.69 Å². The molecule has 3 aromatic carbocycles. The lowest BCUT2D eigenvalue weighted by Crippen LogP contribution is -2.32. The number of nitrogens with one attached hydrogen (secondary N) is 2. The van der Waals surface area contributed by atoms with Gasteiger partial charge in [0.15, 0.2) is 0 Å². The molecule has 1 aliphatic heterocycles. The molecule has 0 fully saturated rings. The molecule has 1 aliphatic rings. The lowest BCUT2D eigenvalue weighted by Gasteiger charge is -2.16. The van der Waals surface area contributed by atoms with Crippen molar-refractivity contribution in [1.29, 1.82) is 0 Å². The molecule has 3 aromatic rings. The summed E-state index contributed by atoms with van der Waals surface area (Å²) < 4.78 is 5.24. The molecule has 8 nitrogen and oxygen atoms in total. The molecule has 0 spiro atoms. The van der Waals surface area contributed by atoms with Gasteiger partial charge in [0.1, 0.15) is 10.7 Å². The number of anilines is 3. The molecule has 0 bridgehead atoms. The number of para-hydroxylation sites is 1. The van der Waals surface area contributed by atoms with E-state index in [2.05, 4.69) is 10.6 Å². The third kappa shape index (κ3) is 6.24. The van der Waals surface area contributed by atoms with E-state index in [9.17, 15) is 19.2 Å². The molecule has 0 saturated carbocycles. The number of rotatable bonds is 10. The van der Waals surface area contributed by atoms with E-state index in [1.165, 1.54) is 12.1 Å². The van der Waals surface area contributed by atoms with Gasteiger partial charge in [-0.3, -0.25) is 14.4 Å². The van der Waals surface area contributed by atoms with E-state index in [-0.39, 0.29) is 40.4 Å². The average Bonchev–Trinajstić information content (AvgIpc) is 3.16. The Morgan fingerprint density at radius 3 is 2.40 bits per heavy atom. The summed E-state index contributed by atoms with van der Waals surface area (Å²) in [4.78, 5) is 52.6. The number of hydrogen-bond donors (Lipinski definition) is 2. The largest absolute Gasteiger partial charge is 0.462 e. The van der Waals surface area contributed by atoms with Gasteiger partial charge in [0.05, 0.1) is 17.9 Å². The summed E-state index contributed by atoms with van der Waals surface area (Å²) in [6.45, 7) is 6.36. The summed E-state index contributed by atoms with van der Waals surface area (Å²) in [5, 5.41) is 5.53. The van der Waals surface area contributed by atoms with Crippen LogP contribution in [0.15, 0.2) is 83.5 Å². The molecule has 2 N–H and O–H groups in total. The number of carbonyl (C=O) groups excluding carboxylic acids is 4. The van der Waals surface area contributed by atoms with E-state index in [0.29, 0.717) is 11.3 Å². The van der Waals surface area contributed by atoms with Crippen molar-refractivity contribution in [2.24, 2.45) is 0 Å². The lowest BCUT2D eigenvalue weighted by atomic mass is 10.0. The van der Waals surface area contributed by atoms with Gasteiger partial charge in [0, 0.05) is 16.9 Å². The van der Waals surface area contributed by atoms with Crippen LogP contribution >= 0.6 is 11.6 Å². The first-order valence-corrected chi connectivity index (χ1v) is 13.4. The molecule has 40 heavy (non-hydrogen) atoms. The first-order chi connectivity index (χ1) is 19.2. The van der Waals surface area contributed by atoms with Crippen molar-refractivity contribution in [1.82, 2.24) is 0 Å².